The SMILES string of the molecule is CCCCCCCCCCCCCCCCCCCCCCCCC(=O)O[C@H](COC(=O)CCCCCCCCCCCCCCCCCC)COP(=O)(O)OC[C@@H](O)COP(=O)(O)OC[C@@H](COC(=O)CCCCCCCCCCC)OC(=O)CCCCCCCCCCCCC(C)C. The third kappa shape index (κ3) is 74.3. The largest absolute Gasteiger partial charge is 0.472 e. The predicted octanol–water partition coefficient (Wildman–Crippen LogP) is 24.4. The maximum atomic E-state index is 13.1. The molecule has 0 aliphatic rings. The van der Waals surface area contributed by atoms with Gasteiger partial charge in [-0.2, -0.15) is 0 Å². The van der Waals surface area contributed by atoms with Crippen molar-refractivity contribution in [2.45, 2.75) is 451 Å². The van der Waals surface area contributed by atoms with Gasteiger partial charge < -0.3 is 33.8 Å². The van der Waals surface area contributed by atoms with Crippen LogP contribution in [0.4, 0.5) is 0 Å². The van der Waals surface area contributed by atoms with Crippen LogP contribution in [-0.2, 0) is 65.4 Å². The zero-order valence-electron chi connectivity index (χ0n) is 65.3. The number of ether oxygens (including phenoxy) is 4. The Morgan fingerprint density at radius 3 is 0.680 bits per heavy atom. The van der Waals surface area contributed by atoms with E-state index in [2.05, 4.69) is 34.6 Å². The van der Waals surface area contributed by atoms with Gasteiger partial charge in [-0.1, -0.05) is 381 Å². The van der Waals surface area contributed by atoms with Gasteiger partial charge in [-0.15, -0.1) is 0 Å². The first-order valence-electron chi connectivity index (χ1n) is 42.1. The Kier molecular flexibility index (Phi) is 72.5. The second-order valence-electron chi connectivity index (χ2n) is 29.6. The lowest BCUT2D eigenvalue weighted by molar-refractivity contribution is -0.161. The van der Waals surface area contributed by atoms with E-state index in [1.54, 1.807) is 0 Å². The van der Waals surface area contributed by atoms with Gasteiger partial charge in [0.15, 0.2) is 12.2 Å². The number of unbranched alkanes of at least 4 members (excludes halogenated alkanes) is 53. The van der Waals surface area contributed by atoms with Crippen molar-refractivity contribution in [3.05, 3.63) is 0 Å². The first-order valence-corrected chi connectivity index (χ1v) is 45.1. The van der Waals surface area contributed by atoms with Crippen LogP contribution >= 0.6 is 15.6 Å². The van der Waals surface area contributed by atoms with Crippen molar-refractivity contribution in [2.75, 3.05) is 39.6 Å². The molecule has 0 heterocycles. The number of phosphoric acid groups is 2. The molecule has 0 spiro atoms. The number of phosphoric ester groups is 2. The zero-order chi connectivity index (χ0) is 73.4. The molecule has 17 nitrogen and oxygen atoms in total. The molecule has 100 heavy (non-hydrogen) atoms. The number of carbonyl (C=O) groups excluding carboxylic acids is 4. The average Bonchev–Trinajstić information content (AvgIpc) is 0.921. The normalized spacial score (nSPS) is 13.8. The standard InChI is InChI=1S/C81H158O17P2/c1-6-9-12-15-18-21-23-25-27-29-30-31-32-33-34-36-38-40-46-51-56-61-66-80(85)97-77(71-92-79(84)65-60-55-50-45-39-37-35-28-26-24-22-19-16-13-10-7-2)73-96-100(89,90)94-69-75(82)68-93-99(87,88)95-72-76(70-91-78(83)64-59-54-49-43-20-17-14-11-8-3)98-81(86)67-62-57-52-47-42-41-44-48-53-58-63-74(4)5/h74-77,82H,6-73H2,1-5H3,(H,87,88)(H,89,90)/t75-,76+,77+/m0/s1. The van der Waals surface area contributed by atoms with E-state index in [1.807, 2.05) is 0 Å². The van der Waals surface area contributed by atoms with E-state index < -0.39 is 97.5 Å². The fourth-order valence-corrected chi connectivity index (χ4v) is 14.2. The van der Waals surface area contributed by atoms with Gasteiger partial charge in [0.05, 0.1) is 26.4 Å². The van der Waals surface area contributed by atoms with Crippen molar-refractivity contribution in [1.82, 2.24) is 0 Å². The minimum Gasteiger partial charge on any atom is -0.462 e. The van der Waals surface area contributed by atoms with E-state index in [-0.39, 0.29) is 25.7 Å². The van der Waals surface area contributed by atoms with E-state index in [9.17, 15) is 43.2 Å². The summed E-state index contributed by atoms with van der Waals surface area (Å²) < 4.78 is 68.7. The number of esters is 4. The molecule has 0 radical (unpaired) electrons. The second-order valence-corrected chi connectivity index (χ2v) is 32.5. The molecule has 0 aromatic rings. The molecule has 2 unspecified atom stereocenters. The molecule has 0 bridgehead atoms. The molecule has 594 valence electrons. The van der Waals surface area contributed by atoms with Gasteiger partial charge in [0.1, 0.15) is 19.3 Å². The van der Waals surface area contributed by atoms with Crippen LogP contribution in [-0.4, -0.2) is 96.7 Å². The Bertz CT molecular complexity index is 1910. The number of hydrogen-bond donors (Lipinski definition) is 3. The summed E-state index contributed by atoms with van der Waals surface area (Å²) in [5, 5.41) is 10.6. The lowest BCUT2D eigenvalue weighted by Gasteiger charge is -2.21. The summed E-state index contributed by atoms with van der Waals surface area (Å²) in [7, 11) is -9.92. The van der Waals surface area contributed by atoms with Gasteiger partial charge >= 0.3 is 39.5 Å². The van der Waals surface area contributed by atoms with Crippen molar-refractivity contribution in [3.8, 4) is 0 Å². The van der Waals surface area contributed by atoms with Crippen molar-refractivity contribution in [3.63, 3.8) is 0 Å². The molecular weight excluding hydrogens is 1310 g/mol. The van der Waals surface area contributed by atoms with Crippen molar-refractivity contribution in [2.24, 2.45) is 5.92 Å². The highest BCUT2D eigenvalue weighted by Crippen LogP contribution is 2.45. The van der Waals surface area contributed by atoms with Gasteiger partial charge in [0.25, 0.3) is 0 Å². The smallest absolute Gasteiger partial charge is 0.462 e. The van der Waals surface area contributed by atoms with E-state index in [0.717, 1.165) is 95.8 Å². The summed E-state index contributed by atoms with van der Waals surface area (Å²) in [4.78, 5) is 72.9. The van der Waals surface area contributed by atoms with Gasteiger partial charge in [0, 0.05) is 25.7 Å². The van der Waals surface area contributed by atoms with Crippen LogP contribution in [0.15, 0.2) is 0 Å². The predicted molar refractivity (Wildman–Crippen MR) is 409 cm³/mol. The molecule has 0 saturated carbocycles. The fraction of sp³-hybridized carbons (Fsp3) is 0.951. The topological polar surface area (TPSA) is 237 Å². The molecule has 0 aliphatic heterocycles. The summed E-state index contributed by atoms with van der Waals surface area (Å²) >= 11 is 0. The number of hydrogen-bond acceptors (Lipinski definition) is 15. The van der Waals surface area contributed by atoms with E-state index >= 15 is 0 Å². The molecule has 0 aliphatic carbocycles. The number of aliphatic hydroxyl groups is 1. The highest BCUT2D eigenvalue weighted by Gasteiger charge is 2.30. The van der Waals surface area contributed by atoms with Gasteiger partial charge in [-0.25, -0.2) is 9.13 Å². The molecule has 0 aromatic carbocycles. The minimum absolute atomic E-state index is 0.106. The van der Waals surface area contributed by atoms with E-state index in [4.69, 9.17) is 37.0 Å². The van der Waals surface area contributed by atoms with Crippen LogP contribution in [0.25, 0.3) is 0 Å². The molecule has 0 aromatic heterocycles. The molecule has 3 N–H and O–H groups in total. The van der Waals surface area contributed by atoms with Crippen LogP contribution in [0, 0.1) is 5.92 Å². The van der Waals surface area contributed by atoms with Crippen LogP contribution in [0.2, 0.25) is 0 Å². The van der Waals surface area contributed by atoms with Crippen LogP contribution in [0.1, 0.15) is 433 Å². The Labute approximate surface area is 613 Å². The Balaban J connectivity index is 5.19. The summed E-state index contributed by atoms with van der Waals surface area (Å²) in [6.45, 7) is 7.30. The molecular formula is C81H158O17P2. The van der Waals surface area contributed by atoms with Crippen molar-refractivity contribution >= 4 is 39.5 Å². The fourth-order valence-electron chi connectivity index (χ4n) is 12.6. The van der Waals surface area contributed by atoms with Gasteiger partial charge in [-0.3, -0.25) is 37.3 Å². The molecule has 5 atom stereocenters. The molecule has 19 heteroatoms. The number of carbonyl (C=O) groups is 4. The average molecular weight is 1470 g/mol. The molecule has 0 rings (SSSR count). The van der Waals surface area contributed by atoms with Crippen molar-refractivity contribution in [1.29, 1.82) is 0 Å². The summed E-state index contributed by atoms with van der Waals surface area (Å²) in [6.07, 6.45) is 65.4. The molecule has 0 amide bonds. The van der Waals surface area contributed by atoms with E-state index in [0.29, 0.717) is 25.7 Å². The number of rotatable bonds is 81. The minimum atomic E-state index is -4.96. The maximum Gasteiger partial charge on any atom is 0.472 e. The first-order chi connectivity index (χ1) is 48.5. The van der Waals surface area contributed by atoms with Crippen LogP contribution in [0.3, 0.4) is 0 Å². The third-order valence-electron chi connectivity index (χ3n) is 19.0. The summed E-state index contributed by atoms with van der Waals surface area (Å²) in [6, 6.07) is 0. The molecule has 0 saturated heterocycles. The highest BCUT2D eigenvalue weighted by atomic mass is 31.2. The Hall–Kier alpha value is -1.94. The van der Waals surface area contributed by atoms with Gasteiger partial charge in [0.2, 0.25) is 0 Å². The van der Waals surface area contributed by atoms with Crippen molar-refractivity contribution < 1.29 is 80.2 Å². The first kappa shape index (κ1) is 98.1. The summed E-state index contributed by atoms with van der Waals surface area (Å²) in [5.74, 6) is -1.36. The van der Waals surface area contributed by atoms with Crippen LogP contribution in [0.5, 0.6) is 0 Å². The monoisotopic (exact) mass is 1470 g/mol. The quantitative estimate of drug-likeness (QED) is 0.0222. The zero-order valence-corrected chi connectivity index (χ0v) is 67.1. The Morgan fingerprint density at radius 2 is 0.460 bits per heavy atom. The molecule has 0 fully saturated rings. The maximum absolute atomic E-state index is 13.1. The summed E-state index contributed by atoms with van der Waals surface area (Å²) in [5.41, 5.74) is 0. The highest BCUT2D eigenvalue weighted by molar-refractivity contribution is 7.47. The Morgan fingerprint density at radius 1 is 0.270 bits per heavy atom. The van der Waals surface area contributed by atoms with E-state index in [1.165, 1.54) is 257 Å². The third-order valence-corrected chi connectivity index (χ3v) is 20.9. The van der Waals surface area contributed by atoms with Gasteiger partial charge in [-0.05, 0) is 31.6 Å². The second kappa shape index (κ2) is 73.9. The lowest BCUT2D eigenvalue weighted by Crippen LogP contribution is -2.30. The number of aliphatic hydroxyl groups excluding tert-OH is 1. The lowest BCUT2D eigenvalue weighted by atomic mass is 10.0. The van der Waals surface area contributed by atoms with Crippen LogP contribution < -0.4 is 0 Å².